The van der Waals surface area contributed by atoms with Gasteiger partial charge in [0.15, 0.2) is 0 Å². The summed E-state index contributed by atoms with van der Waals surface area (Å²) >= 11 is 1.55. The van der Waals surface area contributed by atoms with E-state index in [9.17, 15) is 4.79 Å². The molecule has 4 heterocycles. The normalized spacial score (nSPS) is 26.4. The average Bonchev–Trinajstić information content (AvgIpc) is 3.29. The molecule has 0 unspecified atom stereocenters. The number of carbonyl (C=O) groups excluding carboxylic acids is 1. The monoisotopic (exact) mass is 343 g/mol. The zero-order valence-electron chi connectivity index (χ0n) is 13.5. The Balaban J connectivity index is 1.40. The molecule has 2 saturated heterocycles. The highest BCUT2D eigenvalue weighted by Gasteiger charge is 2.50. The van der Waals surface area contributed by atoms with E-state index in [1.54, 1.807) is 11.3 Å². The second-order valence-corrected chi connectivity index (χ2v) is 7.57. The number of aromatic nitrogens is 1. The first-order valence-corrected chi connectivity index (χ1v) is 9.19. The maximum absolute atomic E-state index is 12.3. The molecule has 2 aromatic heterocycles. The molecule has 0 aromatic carbocycles. The molecule has 6 heteroatoms. The molecule has 0 spiro atoms. The van der Waals surface area contributed by atoms with Gasteiger partial charge in [-0.3, -0.25) is 14.7 Å². The molecule has 2 aliphatic heterocycles. The molecule has 24 heavy (non-hydrogen) atoms. The van der Waals surface area contributed by atoms with E-state index in [0.29, 0.717) is 12.5 Å². The van der Waals surface area contributed by atoms with Crippen LogP contribution in [0.25, 0.3) is 0 Å². The van der Waals surface area contributed by atoms with Crippen LogP contribution >= 0.6 is 11.3 Å². The maximum Gasteiger partial charge on any atom is 0.252 e. The van der Waals surface area contributed by atoms with Crippen molar-refractivity contribution in [3.05, 3.63) is 52.5 Å². The Morgan fingerprint density at radius 3 is 3.08 bits per heavy atom. The summed E-state index contributed by atoms with van der Waals surface area (Å²) in [5, 5.41) is 6.94. The molecule has 5 nitrogen and oxygen atoms in total. The molecule has 0 radical (unpaired) electrons. The van der Waals surface area contributed by atoms with E-state index in [0.717, 1.165) is 38.4 Å². The van der Waals surface area contributed by atoms with Crippen LogP contribution in [0.1, 0.15) is 15.9 Å². The predicted octanol–water partition coefficient (Wildman–Crippen LogP) is 2.02. The van der Waals surface area contributed by atoms with Gasteiger partial charge in [0, 0.05) is 60.8 Å². The largest absolute Gasteiger partial charge is 0.380 e. The molecule has 1 amide bonds. The first kappa shape index (κ1) is 15.7. The number of ether oxygens (including phenoxy) is 1. The van der Waals surface area contributed by atoms with E-state index in [4.69, 9.17) is 4.74 Å². The summed E-state index contributed by atoms with van der Waals surface area (Å²) in [7, 11) is 0. The number of carbonyl (C=O) groups is 1. The Kier molecular flexibility index (Phi) is 4.35. The minimum absolute atomic E-state index is 0.0175. The Morgan fingerprint density at radius 1 is 1.42 bits per heavy atom. The summed E-state index contributed by atoms with van der Waals surface area (Å²) < 4.78 is 5.75. The number of hydrogen-bond acceptors (Lipinski definition) is 5. The van der Waals surface area contributed by atoms with E-state index in [1.165, 1.54) is 5.56 Å². The number of amides is 1. The summed E-state index contributed by atoms with van der Waals surface area (Å²) in [5.74, 6) is 0.506. The molecule has 2 aliphatic rings. The topological polar surface area (TPSA) is 54.5 Å². The van der Waals surface area contributed by atoms with E-state index in [2.05, 4.69) is 27.3 Å². The van der Waals surface area contributed by atoms with Gasteiger partial charge in [0.1, 0.15) is 0 Å². The number of nitrogens with one attached hydrogen (secondary N) is 1. The molecule has 2 atom stereocenters. The van der Waals surface area contributed by atoms with Gasteiger partial charge in [0.05, 0.1) is 13.2 Å². The van der Waals surface area contributed by atoms with Crippen LogP contribution in [0.15, 0.2) is 41.4 Å². The summed E-state index contributed by atoms with van der Waals surface area (Å²) in [6.45, 7) is 5.12. The van der Waals surface area contributed by atoms with Crippen molar-refractivity contribution in [2.45, 2.75) is 6.54 Å². The van der Waals surface area contributed by atoms with E-state index >= 15 is 0 Å². The molecule has 4 rings (SSSR count). The summed E-state index contributed by atoms with van der Waals surface area (Å²) in [5.41, 5.74) is 2.07. The molecular formula is C18H21N3O2S. The summed E-state index contributed by atoms with van der Waals surface area (Å²) in [6.07, 6.45) is 3.68. The van der Waals surface area contributed by atoms with E-state index in [-0.39, 0.29) is 11.3 Å². The van der Waals surface area contributed by atoms with Crippen LogP contribution in [0.4, 0.5) is 0 Å². The molecule has 0 bridgehead atoms. The van der Waals surface area contributed by atoms with Gasteiger partial charge < -0.3 is 10.1 Å². The number of pyridine rings is 1. The van der Waals surface area contributed by atoms with Crippen molar-refractivity contribution >= 4 is 17.2 Å². The first-order valence-electron chi connectivity index (χ1n) is 8.25. The Labute approximate surface area is 145 Å². The van der Waals surface area contributed by atoms with Crippen molar-refractivity contribution in [3.8, 4) is 0 Å². The number of rotatable bonds is 5. The third-order valence-corrected chi connectivity index (χ3v) is 5.81. The average molecular weight is 343 g/mol. The number of likely N-dealkylation sites (tertiary alicyclic amines) is 1. The van der Waals surface area contributed by atoms with Crippen LogP contribution < -0.4 is 5.32 Å². The second-order valence-electron chi connectivity index (χ2n) is 6.79. The third-order valence-electron chi connectivity index (χ3n) is 5.13. The lowest BCUT2D eigenvalue weighted by molar-refractivity contribution is 0.0904. The lowest BCUT2D eigenvalue weighted by Gasteiger charge is -2.27. The van der Waals surface area contributed by atoms with Gasteiger partial charge in [-0.05, 0) is 29.1 Å². The predicted molar refractivity (Wildman–Crippen MR) is 92.9 cm³/mol. The molecule has 0 aliphatic carbocycles. The fraction of sp³-hybridized carbons (Fsp3) is 0.444. The third kappa shape index (κ3) is 3.09. The van der Waals surface area contributed by atoms with Gasteiger partial charge in [-0.1, -0.05) is 0 Å². The SMILES string of the molecule is O=C(NC[C@@]12COC[C@@H]1CN(Cc1ccncc1)C2)c1ccsc1. The highest BCUT2D eigenvalue weighted by atomic mass is 32.1. The highest BCUT2D eigenvalue weighted by Crippen LogP contribution is 2.41. The highest BCUT2D eigenvalue weighted by molar-refractivity contribution is 7.08. The summed E-state index contributed by atoms with van der Waals surface area (Å²) in [4.78, 5) is 18.8. The van der Waals surface area contributed by atoms with Crippen molar-refractivity contribution in [1.82, 2.24) is 15.2 Å². The van der Waals surface area contributed by atoms with E-state index in [1.807, 2.05) is 29.2 Å². The molecule has 2 aromatic rings. The fourth-order valence-corrected chi connectivity index (χ4v) is 4.45. The summed E-state index contributed by atoms with van der Waals surface area (Å²) in [6, 6.07) is 6.00. The molecule has 2 fully saturated rings. The van der Waals surface area contributed by atoms with Gasteiger partial charge in [-0.2, -0.15) is 11.3 Å². The van der Waals surface area contributed by atoms with Crippen molar-refractivity contribution in [2.75, 3.05) is 32.8 Å². The Morgan fingerprint density at radius 2 is 2.29 bits per heavy atom. The van der Waals surface area contributed by atoms with Crippen LogP contribution in [-0.4, -0.2) is 48.6 Å². The van der Waals surface area contributed by atoms with Crippen LogP contribution in [-0.2, 0) is 11.3 Å². The van der Waals surface area contributed by atoms with Crippen LogP contribution in [0.2, 0.25) is 0 Å². The number of nitrogens with zero attached hydrogens (tertiary/aromatic N) is 2. The lowest BCUT2D eigenvalue weighted by atomic mass is 9.81. The van der Waals surface area contributed by atoms with Crippen LogP contribution in [0.3, 0.4) is 0 Å². The van der Waals surface area contributed by atoms with Crippen molar-refractivity contribution in [1.29, 1.82) is 0 Å². The molecular weight excluding hydrogens is 322 g/mol. The number of fused-ring (bicyclic) bond motifs is 1. The lowest BCUT2D eigenvalue weighted by Crippen LogP contribution is -2.43. The first-order chi connectivity index (χ1) is 11.8. The van der Waals surface area contributed by atoms with Gasteiger partial charge in [0.25, 0.3) is 5.91 Å². The smallest absolute Gasteiger partial charge is 0.252 e. The van der Waals surface area contributed by atoms with Crippen molar-refractivity contribution in [2.24, 2.45) is 11.3 Å². The van der Waals surface area contributed by atoms with Gasteiger partial charge in [-0.25, -0.2) is 0 Å². The zero-order valence-corrected chi connectivity index (χ0v) is 14.3. The molecule has 1 N–H and O–H groups in total. The minimum atomic E-state index is 0.0175. The molecule has 126 valence electrons. The Bertz CT molecular complexity index is 692. The van der Waals surface area contributed by atoms with Crippen LogP contribution in [0.5, 0.6) is 0 Å². The number of hydrogen-bond donors (Lipinski definition) is 1. The fourth-order valence-electron chi connectivity index (χ4n) is 3.81. The van der Waals surface area contributed by atoms with Crippen molar-refractivity contribution < 1.29 is 9.53 Å². The Hall–Kier alpha value is -1.76. The van der Waals surface area contributed by atoms with Crippen LogP contribution in [0, 0.1) is 11.3 Å². The standard InChI is InChI=1S/C18H21N3O2S/c22-17(15-3-6-24-10-15)20-11-18-12-21(8-16(18)9-23-13-18)7-14-1-4-19-5-2-14/h1-6,10,16H,7-9,11-13H2,(H,20,22)/t16-,18+/m0/s1. The quantitative estimate of drug-likeness (QED) is 0.902. The number of thiophene rings is 1. The minimum Gasteiger partial charge on any atom is -0.380 e. The van der Waals surface area contributed by atoms with Gasteiger partial charge >= 0.3 is 0 Å². The molecule has 0 saturated carbocycles. The van der Waals surface area contributed by atoms with Gasteiger partial charge in [0.2, 0.25) is 0 Å². The zero-order chi connectivity index (χ0) is 16.4. The maximum atomic E-state index is 12.3. The van der Waals surface area contributed by atoms with E-state index < -0.39 is 0 Å². The van der Waals surface area contributed by atoms with Crippen molar-refractivity contribution in [3.63, 3.8) is 0 Å². The van der Waals surface area contributed by atoms with Gasteiger partial charge in [-0.15, -0.1) is 0 Å². The second kappa shape index (κ2) is 6.63.